The number of aryl methyl sites for hydroxylation is 1. The maximum Gasteiger partial charge on any atom is 0.352 e. The van der Waals surface area contributed by atoms with Gasteiger partial charge in [-0.3, -0.25) is 4.79 Å². The van der Waals surface area contributed by atoms with Crippen molar-refractivity contribution in [3.8, 4) is 11.1 Å². The zero-order valence-corrected chi connectivity index (χ0v) is 17.6. The lowest BCUT2D eigenvalue weighted by molar-refractivity contribution is -0.122. The van der Waals surface area contributed by atoms with Gasteiger partial charge in [-0.2, -0.15) is 0 Å². The van der Waals surface area contributed by atoms with Gasteiger partial charge in [-0.25, -0.2) is 18.9 Å². The third-order valence-corrected chi connectivity index (χ3v) is 6.09. The molecule has 5 rings (SSSR count). The van der Waals surface area contributed by atoms with E-state index < -0.39 is 0 Å². The van der Waals surface area contributed by atoms with Crippen molar-refractivity contribution in [2.75, 3.05) is 0 Å². The van der Waals surface area contributed by atoms with Gasteiger partial charge in [0.25, 0.3) is 0 Å². The molecule has 31 heavy (non-hydrogen) atoms. The Kier molecular flexibility index (Phi) is 4.83. The van der Waals surface area contributed by atoms with Gasteiger partial charge in [0.05, 0.1) is 10.2 Å². The van der Waals surface area contributed by atoms with Gasteiger partial charge in [-0.15, -0.1) is 16.4 Å². The minimum Gasteiger partial charge on any atom is -0.350 e. The number of nitrogens with zero attached hydrogens (tertiary/aromatic N) is 4. The van der Waals surface area contributed by atoms with E-state index in [1.807, 2.05) is 42.6 Å². The Morgan fingerprint density at radius 1 is 1.10 bits per heavy atom. The topological polar surface area (TPSA) is 81.3 Å². The van der Waals surface area contributed by atoms with E-state index in [4.69, 9.17) is 0 Å². The summed E-state index contributed by atoms with van der Waals surface area (Å²) in [4.78, 5) is 29.6. The molecule has 0 spiro atoms. The van der Waals surface area contributed by atoms with Gasteiger partial charge in [-0.05, 0) is 18.1 Å². The smallest absolute Gasteiger partial charge is 0.350 e. The second-order valence-corrected chi connectivity index (χ2v) is 8.21. The SMILES string of the molecule is Cc1ccc(-c2csc3c2ncn2c(=O)n(CC(=O)NCc4ccccc4)nc32)cc1. The summed E-state index contributed by atoms with van der Waals surface area (Å²) in [6.07, 6.45) is 1.48. The van der Waals surface area contributed by atoms with Gasteiger partial charge < -0.3 is 5.32 Å². The van der Waals surface area contributed by atoms with Crippen LogP contribution in [0.15, 0.2) is 71.1 Å². The number of aromatic nitrogens is 4. The Bertz CT molecular complexity index is 1450. The van der Waals surface area contributed by atoms with E-state index in [-0.39, 0.29) is 18.1 Å². The standard InChI is InChI=1S/C23H19N5O2S/c1-15-7-9-17(10-8-15)18-13-31-21-20(18)25-14-27-22(21)26-28(23(27)30)12-19(29)24-11-16-5-3-2-4-6-16/h2-10,13-14H,11-12H2,1H3,(H,24,29). The van der Waals surface area contributed by atoms with E-state index in [1.165, 1.54) is 32.3 Å². The third-order valence-electron chi connectivity index (χ3n) is 5.13. The molecule has 0 bridgehead atoms. The molecule has 1 amide bonds. The highest BCUT2D eigenvalue weighted by atomic mass is 32.1. The Labute approximate surface area is 181 Å². The molecule has 0 aliphatic heterocycles. The first-order chi connectivity index (χ1) is 15.1. The molecule has 0 saturated heterocycles. The summed E-state index contributed by atoms with van der Waals surface area (Å²) in [6.45, 7) is 2.30. The summed E-state index contributed by atoms with van der Waals surface area (Å²) in [5, 5.41) is 9.28. The molecule has 5 aromatic rings. The highest BCUT2D eigenvalue weighted by Crippen LogP contribution is 2.34. The van der Waals surface area contributed by atoms with Crippen molar-refractivity contribution in [3.63, 3.8) is 0 Å². The van der Waals surface area contributed by atoms with Crippen molar-refractivity contribution < 1.29 is 4.79 Å². The summed E-state index contributed by atoms with van der Waals surface area (Å²) in [7, 11) is 0. The first-order valence-corrected chi connectivity index (χ1v) is 10.7. The van der Waals surface area contributed by atoms with Crippen molar-refractivity contribution in [3.05, 3.63) is 87.9 Å². The summed E-state index contributed by atoms with van der Waals surface area (Å²) in [6, 6.07) is 17.9. The molecule has 0 saturated carbocycles. The average Bonchev–Trinajstić information content (AvgIpc) is 3.35. The number of carbonyl (C=O) groups excluding carboxylic acids is 1. The third kappa shape index (κ3) is 3.62. The van der Waals surface area contributed by atoms with Crippen LogP contribution in [-0.4, -0.2) is 25.1 Å². The lowest BCUT2D eigenvalue weighted by atomic mass is 10.1. The van der Waals surface area contributed by atoms with E-state index in [1.54, 1.807) is 0 Å². The molecule has 0 unspecified atom stereocenters. The molecule has 2 aromatic carbocycles. The molecule has 7 nitrogen and oxygen atoms in total. The van der Waals surface area contributed by atoms with Gasteiger partial charge >= 0.3 is 5.69 Å². The number of benzene rings is 2. The van der Waals surface area contributed by atoms with Gasteiger partial charge in [-0.1, -0.05) is 60.2 Å². The fourth-order valence-corrected chi connectivity index (χ4v) is 4.46. The van der Waals surface area contributed by atoms with Gasteiger partial charge in [0, 0.05) is 17.5 Å². The molecular formula is C23H19N5O2S. The normalized spacial score (nSPS) is 11.3. The van der Waals surface area contributed by atoms with Crippen molar-refractivity contribution >= 4 is 33.1 Å². The predicted molar refractivity (Wildman–Crippen MR) is 121 cm³/mol. The number of thiophene rings is 1. The number of fused-ring (bicyclic) bond motifs is 3. The first kappa shape index (κ1) is 19.2. The minimum absolute atomic E-state index is 0.148. The maximum absolute atomic E-state index is 12.7. The molecule has 0 aliphatic rings. The number of amides is 1. The van der Waals surface area contributed by atoms with Crippen LogP contribution in [0.5, 0.6) is 0 Å². The van der Waals surface area contributed by atoms with Gasteiger partial charge in [0.1, 0.15) is 12.9 Å². The second kappa shape index (κ2) is 7.81. The summed E-state index contributed by atoms with van der Waals surface area (Å²) in [5.41, 5.74) is 5.17. The van der Waals surface area contributed by atoms with Crippen LogP contribution in [0.1, 0.15) is 11.1 Å². The lowest BCUT2D eigenvalue weighted by Crippen LogP contribution is -2.32. The molecule has 0 fully saturated rings. The first-order valence-electron chi connectivity index (χ1n) is 9.83. The Morgan fingerprint density at radius 3 is 2.65 bits per heavy atom. The summed E-state index contributed by atoms with van der Waals surface area (Å²) < 4.78 is 3.39. The molecule has 0 radical (unpaired) electrons. The highest BCUT2D eigenvalue weighted by Gasteiger charge is 2.17. The van der Waals surface area contributed by atoms with Crippen LogP contribution in [0.4, 0.5) is 0 Å². The Hall–Kier alpha value is -3.78. The summed E-state index contributed by atoms with van der Waals surface area (Å²) >= 11 is 1.49. The van der Waals surface area contributed by atoms with Crippen molar-refractivity contribution in [1.29, 1.82) is 0 Å². The molecule has 8 heteroatoms. The van der Waals surface area contributed by atoms with Crippen LogP contribution in [-0.2, 0) is 17.9 Å². The largest absolute Gasteiger partial charge is 0.352 e. The number of carbonyl (C=O) groups is 1. The maximum atomic E-state index is 12.7. The molecule has 0 aliphatic carbocycles. The molecule has 3 aromatic heterocycles. The van der Waals surface area contributed by atoms with Gasteiger partial charge in [0.2, 0.25) is 5.91 Å². The van der Waals surface area contributed by atoms with Crippen LogP contribution in [0.2, 0.25) is 0 Å². The van der Waals surface area contributed by atoms with Crippen LogP contribution >= 0.6 is 11.3 Å². The second-order valence-electron chi connectivity index (χ2n) is 7.33. The fraction of sp³-hybridized carbons (Fsp3) is 0.130. The molecule has 0 atom stereocenters. The molecule has 154 valence electrons. The number of hydrogen-bond acceptors (Lipinski definition) is 5. The van der Waals surface area contributed by atoms with E-state index in [9.17, 15) is 9.59 Å². The lowest BCUT2D eigenvalue weighted by Gasteiger charge is -2.04. The molecule has 3 heterocycles. The fourth-order valence-electron chi connectivity index (χ4n) is 3.46. The summed E-state index contributed by atoms with van der Waals surface area (Å²) in [5.74, 6) is -0.273. The minimum atomic E-state index is -0.385. The average molecular weight is 430 g/mol. The van der Waals surface area contributed by atoms with Crippen LogP contribution in [0.3, 0.4) is 0 Å². The number of hydrogen-bond donors (Lipinski definition) is 1. The predicted octanol–water partition coefficient (Wildman–Crippen LogP) is 3.40. The van der Waals surface area contributed by atoms with Crippen molar-refractivity contribution in [2.45, 2.75) is 20.0 Å². The van der Waals surface area contributed by atoms with E-state index in [0.29, 0.717) is 12.2 Å². The van der Waals surface area contributed by atoms with Crippen LogP contribution in [0, 0.1) is 6.92 Å². The zero-order valence-electron chi connectivity index (χ0n) is 16.8. The van der Waals surface area contributed by atoms with E-state index in [0.717, 1.165) is 26.9 Å². The van der Waals surface area contributed by atoms with Crippen molar-refractivity contribution in [1.82, 2.24) is 24.5 Å². The number of rotatable bonds is 5. The van der Waals surface area contributed by atoms with Crippen molar-refractivity contribution in [2.24, 2.45) is 0 Å². The highest BCUT2D eigenvalue weighted by molar-refractivity contribution is 7.18. The Morgan fingerprint density at radius 2 is 1.87 bits per heavy atom. The van der Waals surface area contributed by atoms with Crippen LogP contribution in [0.25, 0.3) is 27.0 Å². The van der Waals surface area contributed by atoms with E-state index >= 15 is 0 Å². The van der Waals surface area contributed by atoms with Gasteiger partial charge in [0.15, 0.2) is 5.65 Å². The number of nitrogens with one attached hydrogen (secondary N) is 1. The zero-order chi connectivity index (χ0) is 21.4. The van der Waals surface area contributed by atoms with Crippen LogP contribution < -0.4 is 11.0 Å². The molecular weight excluding hydrogens is 410 g/mol. The Balaban J connectivity index is 1.45. The quantitative estimate of drug-likeness (QED) is 0.464. The van der Waals surface area contributed by atoms with E-state index in [2.05, 4.69) is 39.7 Å². The molecule has 1 N–H and O–H groups in total. The monoisotopic (exact) mass is 429 g/mol.